The number of fused-ring (bicyclic) bond motifs is 2. The molecule has 6 aliphatic heterocycles. The van der Waals surface area contributed by atoms with E-state index < -0.39 is 23.8 Å². The number of hydrogen-bond acceptors (Lipinski definition) is 12. The second-order valence-corrected chi connectivity index (χ2v) is 16.3. The van der Waals surface area contributed by atoms with Crippen LogP contribution in [0.15, 0.2) is 60.1 Å². The normalized spacial score (nSPS) is 26.3. The topological polar surface area (TPSA) is 181 Å². The van der Waals surface area contributed by atoms with Gasteiger partial charge in [0.25, 0.3) is 11.8 Å². The number of aromatic hydroxyl groups is 1. The van der Waals surface area contributed by atoms with Crippen LogP contribution in [-0.4, -0.2) is 125 Å². The highest BCUT2D eigenvalue weighted by Crippen LogP contribution is 2.34. The summed E-state index contributed by atoms with van der Waals surface area (Å²) < 4.78 is 0. The number of amides is 4. The van der Waals surface area contributed by atoms with Crippen molar-refractivity contribution in [3.05, 3.63) is 76.7 Å². The molecule has 0 aromatic heterocycles. The highest BCUT2D eigenvalue weighted by molar-refractivity contribution is 6.23. The van der Waals surface area contributed by atoms with Gasteiger partial charge in [0, 0.05) is 75.2 Å². The smallest absolute Gasteiger partial charge is 0.262 e. The van der Waals surface area contributed by atoms with E-state index in [-0.39, 0.29) is 30.5 Å². The Morgan fingerprint density at radius 1 is 0.891 bits per heavy atom. The molecule has 0 saturated carbocycles. The average molecular weight is 752 g/mol. The number of nitrogens with two attached hydrogens (primary N) is 2. The van der Waals surface area contributed by atoms with Crippen LogP contribution in [0.25, 0.3) is 5.70 Å². The molecule has 0 radical (unpaired) electrons. The molecule has 0 bridgehead atoms. The Hall–Kier alpha value is -5.08. The Bertz CT molecular complexity index is 1910. The molecule has 4 saturated heterocycles. The van der Waals surface area contributed by atoms with E-state index in [1.165, 1.54) is 12.8 Å². The number of phenols is 1. The zero-order chi connectivity index (χ0) is 38.4. The van der Waals surface area contributed by atoms with Crippen LogP contribution in [0, 0.1) is 11.8 Å². The van der Waals surface area contributed by atoms with E-state index >= 15 is 0 Å². The zero-order valence-corrected chi connectivity index (χ0v) is 31.6. The first-order chi connectivity index (χ1) is 26.5. The van der Waals surface area contributed by atoms with Crippen molar-refractivity contribution in [1.29, 1.82) is 0 Å². The summed E-state index contributed by atoms with van der Waals surface area (Å²) in [6.07, 6.45) is 6.68. The number of piperidine rings is 3. The number of likely N-dealkylation sites (tertiary alicyclic amines) is 1. The van der Waals surface area contributed by atoms with Gasteiger partial charge in [0.2, 0.25) is 11.8 Å². The van der Waals surface area contributed by atoms with Gasteiger partial charge in [-0.05, 0) is 100 Å². The minimum absolute atomic E-state index is 0.104. The number of carbonyl (C=O) groups is 4. The number of benzene rings is 2. The van der Waals surface area contributed by atoms with E-state index in [1.54, 1.807) is 24.3 Å². The summed E-state index contributed by atoms with van der Waals surface area (Å²) in [5.41, 5.74) is 16.5. The molecule has 2 aromatic carbocycles. The molecule has 0 aliphatic carbocycles. The first kappa shape index (κ1) is 36.9. The lowest BCUT2D eigenvalue weighted by Gasteiger charge is -2.50. The van der Waals surface area contributed by atoms with E-state index in [2.05, 4.69) is 37.2 Å². The predicted molar refractivity (Wildman–Crippen MR) is 208 cm³/mol. The predicted octanol–water partition coefficient (Wildman–Crippen LogP) is 1.83. The molecule has 3 unspecified atom stereocenters. The van der Waals surface area contributed by atoms with E-state index in [1.807, 2.05) is 24.3 Å². The van der Waals surface area contributed by atoms with Gasteiger partial charge in [-0.1, -0.05) is 12.1 Å². The Labute approximate surface area is 322 Å². The summed E-state index contributed by atoms with van der Waals surface area (Å²) in [5, 5.41) is 16.0. The molecular formula is C41H53N9O5. The van der Waals surface area contributed by atoms with E-state index in [0.29, 0.717) is 46.1 Å². The minimum Gasteiger partial charge on any atom is -0.507 e. The molecule has 14 heteroatoms. The highest BCUT2D eigenvalue weighted by Gasteiger charge is 2.45. The van der Waals surface area contributed by atoms with Crippen LogP contribution < -0.4 is 27.0 Å². The summed E-state index contributed by atoms with van der Waals surface area (Å²) in [6.45, 7) is 11.1. The van der Waals surface area contributed by atoms with Gasteiger partial charge in [-0.2, -0.15) is 0 Å². The maximum atomic E-state index is 13.3. The molecule has 4 fully saturated rings. The Kier molecular flexibility index (Phi) is 10.2. The van der Waals surface area contributed by atoms with E-state index in [4.69, 9.17) is 11.5 Å². The highest BCUT2D eigenvalue weighted by atomic mass is 16.3. The lowest BCUT2D eigenvalue weighted by Crippen LogP contribution is -2.62. The fraction of sp³-hybridized carbons (Fsp3) is 0.512. The van der Waals surface area contributed by atoms with Crippen molar-refractivity contribution in [3.8, 4) is 5.75 Å². The van der Waals surface area contributed by atoms with Gasteiger partial charge in [-0.15, -0.1) is 0 Å². The van der Waals surface area contributed by atoms with Crippen LogP contribution in [0.3, 0.4) is 0 Å². The van der Waals surface area contributed by atoms with Gasteiger partial charge >= 0.3 is 0 Å². The summed E-state index contributed by atoms with van der Waals surface area (Å²) >= 11 is 0. The molecular weight excluding hydrogens is 699 g/mol. The Morgan fingerprint density at radius 2 is 1.60 bits per heavy atom. The summed E-state index contributed by atoms with van der Waals surface area (Å²) in [4.78, 5) is 61.6. The molecule has 0 spiro atoms. The Morgan fingerprint density at radius 3 is 2.35 bits per heavy atom. The Balaban J connectivity index is 0.796. The monoisotopic (exact) mass is 751 g/mol. The third-order valence-corrected chi connectivity index (χ3v) is 12.7. The summed E-state index contributed by atoms with van der Waals surface area (Å²) in [5.74, 6) is 0.142. The van der Waals surface area contributed by atoms with Crippen molar-refractivity contribution in [2.45, 2.75) is 63.6 Å². The number of anilines is 1. The molecule has 55 heavy (non-hydrogen) atoms. The van der Waals surface area contributed by atoms with Crippen LogP contribution in [-0.2, 0) is 9.59 Å². The minimum atomic E-state index is -0.957. The van der Waals surface area contributed by atoms with Gasteiger partial charge in [0.05, 0.1) is 22.9 Å². The molecule has 6 heterocycles. The van der Waals surface area contributed by atoms with E-state index in [9.17, 15) is 24.3 Å². The van der Waals surface area contributed by atoms with Gasteiger partial charge in [-0.25, -0.2) is 0 Å². The summed E-state index contributed by atoms with van der Waals surface area (Å²) in [7, 11) is 0. The van der Waals surface area contributed by atoms with Crippen molar-refractivity contribution in [2.24, 2.45) is 23.3 Å². The van der Waals surface area contributed by atoms with Gasteiger partial charge in [0.1, 0.15) is 17.6 Å². The maximum Gasteiger partial charge on any atom is 0.262 e. The van der Waals surface area contributed by atoms with Crippen molar-refractivity contribution in [1.82, 2.24) is 30.2 Å². The average Bonchev–Trinajstić information content (AvgIpc) is 3.42. The first-order valence-corrected chi connectivity index (χ1v) is 19.9. The third kappa shape index (κ3) is 7.37. The van der Waals surface area contributed by atoms with Crippen molar-refractivity contribution in [2.75, 3.05) is 63.8 Å². The first-order valence-electron chi connectivity index (χ1n) is 19.9. The van der Waals surface area contributed by atoms with Crippen LogP contribution in [0.2, 0.25) is 0 Å². The second kappa shape index (κ2) is 15.2. The molecule has 3 atom stereocenters. The number of nitrogens with one attached hydrogen (secondary N) is 2. The standard InChI is InChI=1S/C41H53N9O5/c1-25-21-49-29(20-44-38(43)35(49)19-33(42)31-4-2-3-5-36(31)51)24-48(25)23-27-10-14-46(15-11-27)22-26-12-16-47(17-13-26)28-6-7-30-32(18-28)41(55)50(40(30)54)34-8-9-37(52)45-39(34)53/h2-7,18-19,25-27,29,34,44,51H,8-17,20-24,42-43H2,1H3,(H,45,52,53)/b33-19-. The largest absolute Gasteiger partial charge is 0.507 e. The SMILES string of the molecule is CC1CN2C(/C=C(\N)c3ccccc3O)=C(N)NCC2CN1CC1CCN(CC2CCN(c3ccc4c(c3)C(=O)N(C3CCC(=O)NC3=O)C4=O)CC2)CC1. The number of hydrogen-bond donors (Lipinski definition) is 5. The van der Waals surface area contributed by atoms with Crippen LogP contribution in [0.4, 0.5) is 5.69 Å². The molecule has 292 valence electrons. The molecule has 8 rings (SSSR count). The van der Waals surface area contributed by atoms with Crippen molar-refractivity contribution in [3.63, 3.8) is 0 Å². The molecule has 6 aliphatic rings. The number of para-hydroxylation sites is 1. The molecule has 14 nitrogen and oxygen atoms in total. The van der Waals surface area contributed by atoms with Crippen molar-refractivity contribution < 1.29 is 24.3 Å². The number of allylic oxidation sites excluding steroid dienone is 1. The number of rotatable bonds is 8. The quantitative estimate of drug-likeness (QED) is 0.248. The van der Waals surface area contributed by atoms with Crippen LogP contribution in [0.1, 0.15) is 71.7 Å². The van der Waals surface area contributed by atoms with Crippen molar-refractivity contribution >= 4 is 35.0 Å². The lowest BCUT2D eigenvalue weighted by molar-refractivity contribution is -0.136. The van der Waals surface area contributed by atoms with E-state index in [0.717, 1.165) is 88.0 Å². The van der Waals surface area contributed by atoms with Crippen LogP contribution >= 0.6 is 0 Å². The third-order valence-electron chi connectivity index (χ3n) is 12.7. The lowest BCUT2D eigenvalue weighted by atomic mass is 9.91. The fourth-order valence-corrected chi connectivity index (χ4v) is 9.48. The molecule has 7 N–H and O–H groups in total. The van der Waals surface area contributed by atoms with Gasteiger partial charge in [0.15, 0.2) is 0 Å². The van der Waals surface area contributed by atoms with Gasteiger partial charge in [-0.3, -0.25) is 34.3 Å². The number of carbonyl (C=O) groups excluding carboxylic acids is 4. The molecule has 4 amide bonds. The number of piperazine rings is 1. The van der Waals surface area contributed by atoms with Gasteiger partial charge < -0.3 is 36.6 Å². The zero-order valence-electron chi connectivity index (χ0n) is 31.6. The van der Waals surface area contributed by atoms with Crippen LogP contribution in [0.5, 0.6) is 5.75 Å². The number of imide groups is 2. The number of nitrogens with zero attached hydrogens (tertiary/aromatic N) is 5. The number of phenolic OH excluding ortho intramolecular Hbond substituents is 1. The molecule has 2 aromatic rings. The maximum absolute atomic E-state index is 13.3. The summed E-state index contributed by atoms with van der Waals surface area (Å²) in [6, 6.07) is 12.2. The second-order valence-electron chi connectivity index (χ2n) is 16.3. The fourth-order valence-electron chi connectivity index (χ4n) is 9.48.